The van der Waals surface area contributed by atoms with Gasteiger partial charge < -0.3 is 20.5 Å². The number of hydrogen-bond donors (Lipinski definition) is 2. The smallest absolute Gasteiger partial charge is 0.320 e. The Morgan fingerprint density at radius 2 is 2.06 bits per heavy atom. The van der Waals surface area contributed by atoms with Crippen LogP contribution in [0.5, 0.6) is 0 Å². The lowest BCUT2D eigenvalue weighted by Crippen LogP contribution is -2.36. The molecule has 1 heterocycles. The highest BCUT2D eigenvalue weighted by atomic mass is 16.5. The maximum atomic E-state index is 11.8. The number of carbonyl (C=O) groups is 2. The quantitative estimate of drug-likeness (QED) is 0.703. The number of carbonyl (C=O) groups excluding carboxylic acids is 1. The minimum absolute atomic E-state index is 0.0433. The van der Waals surface area contributed by atoms with Crippen LogP contribution in [-0.4, -0.2) is 54.7 Å². The Morgan fingerprint density at radius 3 is 2.61 bits per heavy atom. The lowest BCUT2D eigenvalue weighted by molar-refractivity contribution is -0.139. The van der Waals surface area contributed by atoms with Gasteiger partial charge in [-0.1, -0.05) is 0 Å². The van der Waals surface area contributed by atoms with E-state index in [0.717, 1.165) is 26.1 Å². The third kappa shape index (κ3) is 5.01. The molecule has 0 radical (unpaired) electrons. The summed E-state index contributed by atoms with van der Waals surface area (Å²) in [4.78, 5) is 24.0. The number of carboxylic acid groups (broad SMARTS) is 1. The van der Waals surface area contributed by atoms with Gasteiger partial charge in [-0.2, -0.15) is 0 Å². The molecular weight excluding hydrogens is 236 g/mol. The SMILES string of the molecule is CN(CC1CCOCC1)C(=O)CC[C@H](N)C(=O)O. The van der Waals surface area contributed by atoms with Crippen molar-refractivity contribution < 1.29 is 19.4 Å². The number of amides is 1. The summed E-state index contributed by atoms with van der Waals surface area (Å²) in [6.45, 7) is 2.23. The highest BCUT2D eigenvalue weighted by molar-refractivity contribution is 5.78. The molecule has 1 rings (SSSR count). The van der Waals surface area contributed by atoms with Crippen molar-refractivity contribution in [3.63, 3.8) is 0 Å². The summed E-state index contributed by atoms with van der Waals surface area (Å²) in [6, 6.07) is -0.953. The second-order valence-corrected chi connectivity index (χ2v) is 4.81. The molecule has 1 amide bonds. The van der Waals surface area contributed by atoms with E-state index in [-0.39, 0.29) is 18.7 Å². The van der Waals surface area contributed by atoms with Crippen molar-refractivity contribution in [1.82, 2.24) is 4.90 Å². The van der Waals surface area contributed by atoms with Crippen LogP contribution < -0.4 is 5.73 Å². The molecule has 0 unspecified atom stereocenters. The summed E-state index contributed by atoms with van der Waals surface area (Å²) in [5.74, 6) is -0.617. The van der Waals surface area contributed by atoms with Crippen LogP contribution in [0.4, 0.5) is 0 Å². The molecule has 1 aliphatic rings. The fraction of sp³-hybridized carbons (Fsp3) is 0.833. The normalized spacial score (nSPS) is 18.3. The predicted molar refractivity (Wildman–Crippen MR) is 66.0 cm³/mol. The standard InChI is InChI=1S/C12H22N2O4/c1-14(8-9-4-6-18-7-5-9)11(15)3-2-10(13)12(16)17/h9-10H,2-8,13H2,1H3,(H,16,17)/t10-/m0/s1. The molecule has 0 aromatic heterocycles. The van der Waals surface area contributed by atoms with Gasteiger partial charge in [0.15, 0.2) is 0 Å². The van der Waals surface area contributed by atoms with Crippen molar-refractivity contribution in [2.24, 2.45) is 11.7 Å². The summed E-state index contributed by atoms with van der Waals surface area (Å²) in [5.41, 5.74) is 5.36. The molecule has 0 aromatic rings. The van der Waals surface area contributed by atoms with E-state index >= 15 is 0 Å². The van der Waals surface area contributed by atoms with Crippen molar-refractivity contribution in [3.8, 4) is 0 Å². The van der Waals surface area contributed by atoms with E-state index in [1.807, 2.05) is 0 Å². The van der Waals surface area contributed by atoms with E-state index in [4.69, 9.17) is 15.6 Å². The van der Waals surface area contributed by atoms with Gasteiger partial charge >= 0.3 is 5.97 Å². The maximum absolute atomic E-state index is 11.8. The molecule has 104 valence electrons. The first-order valence-corrected chi connectivity index (χ1v) is 6.30. The molecule has 1 atom stereocenters. The van der Waals surface area contributed by atoms with Gasteiger partial charge in [0, 0.05) is 33.2 Å². The zero-order chi connectivity index (χ0) is 13.5. The maximum Gasteiger partial charge on any atom is 0.320 e. The highest BCUT2D eigenvalue weighted by Crippen LogP contribution is 2.16. The van der Waals surface area contributed by atoms with Crippen LogP contribution in [0.15, 0.2) is 0 Å². The lowest BCUT2D eigenvalue weighted by Gasteiger charge is -2.27. The van der Waals surface area contributed by atoms with Crippen molar-refractivity contribution in [2.45, 2.75) is 31.7 Å². The number of nitrogens with zero attached hydrogens (tertiary/aromatic N) is 1. The minimum Gasteiger partial charge on any atom is -0.480 e. The number of aliphatic carboxylic acids is 1. The largest absolute Gasteiger partial charge is 0.480 e. The molecule has 0 saturated carbocycles. The van der Waals surface area contributed by atoms with Gasteiger partial charge in [0.05, 0.1) is 0 Å². The van der Waals surface area contributed by atoms with Gasteiger partial charge in [-0.25, -0.2) is 0 Å². The van der Waals surface area contributed by atoms with Gasteiger partial charge in [-0.3, -0.25) is 9.59 Å². The van der Waals surface area contributed by atoms with E-state index in [9.17, 15) is 9.59 Å². The molecule has 1 fully saturated rings. The lowest BCUT2D eigenvalue weighted by atomic mass is 9.99. The third-order valence-corrected chi connectivity index (χ3v) is 3.29. The van der Waals surface area contributed by atoms with Crippen molar-refractivity contribution in [2.75, 3.05) is 26.8 Å². The van der Waals surface area contributed by atoms with E-state index in [1.165, 1.54) is 0 Å². The van der Waals surface area contributed by atoms with Crippen LogP contribution in [0.25, 0.3) is 0 Å². The van der Waals surface area contributed by atoms with Crippen LogP contribution in [0.3, 0.4) is 0 Å². The predicted octanol–water partition coefficient (Wildman–Crippen LogP) is 0.0635. The van der Waals surface area contributed by atoms with E-state index in [0.29, 0.717) is 12.5 Å². The Bertz CT molecular complexity index is 290. The summed E-state index contributed by atoms with van der Waals surface area (Å²) in [5, 5.41) is 8.63. The first-order valence-electron chi connectivity index (χ1n) is 6.30. The van der Waals surface area contributed by atoms with E-state index in [1.54, 1.807) is 11.9 Å². The number of rotatable bonds is 6. The Morgan fingerprint density at radius 1 is 1.44 bits per heavy atom. The van der Waals surface area contributed by atoms with E-state index in [2.05, 4.69) is 0 Å². The first-order chi connectivity index (χ1) is 8.50. The monoisotopic (exact) mass is 258 g/mol. The van der Waals surface area contributed by atoms with Crippen LogP contribution in [0.1, 0.15) is 25.7 Å². The van der Waals surface area contributed by atoms with Gasteiger partial charge in [0.2, 0.25) is 5.91 Å². The number of carboxylic acids is 1. The Balaban J connectivity index is 2.25. The highest BCUT2D eigenvalue weighted by Gasteiger charge is 2.20. The molecule has 0 aromatic carbocycles. The van der Waals surface area contributed by atoms with Crippen molar-refractivity contribution in [1.29, 1.82) is 0 Å². The Hall–Kier alpha value is -1.14. The summed E-state index contributed by atoms with van der Waals surface area (Å²) < 4.78 is 5.26. The van der Waals surface area contributed by atoms with Crippen LogP contribution >= 0.6 is 0 Å². The molecule has 1 aliphatic heterocycles. The Labute approximate surface area is 107 Å². The summed E-state index contributed by atoms with van der Waals surface area (Å²) in [6.07, 6.45) is 2.33. The average Bonchev–Trinajstić information content (AvgIpc) is 2.36. The zero-order valence-electron chi connectivity index (χ0n) is 10.8. The second kappa shape index (κ2) is 7.33. The number of hydrogen-bond acceptors (Lipinski definition) is 4. The molecule has 0 spiro atoms. The molecule has 1 saturated heterocycles. The number of nitrogens with two attached hydrogens (primary N) is 1. The fourth-order valence-electron chi connectivity index (χ4n) is 2.01. The second-order valence-electron chi connectivity index (χ2n) is 4.81. The van der Waals surface area contributed by atoms with Crippen LogP contribution in [0.2, 0.25) is 0 Å². The minimum atomic E-state index is -1.06. The fourth-order valence-corrected chi connectivity index (χ4v) is 2.01. The van der Waals surface area contributed by atoms with Crippen molar-refractivity contribution >= 4 is 11.9 Å². The molecular formula is C12H22N2O4. The van der Waals surface area contributed by atoms with Gasteiger partial charge in [-0.05, 0) is 25.2 Å². The zero-order valence-corrected chi connectivity index (χ0v) is 10.8. The summed E-state index contributed by atoms with van der Waals surface area (Å²) in [7, 11) is 1.75. The third-order valence-electron chi connectivity index (χ3n) is 3.29. The topological polar surface area (TPSA) is 92.9 Å². The van der Waals surface area contributed by atoms with Gasteiger partial charge in [0.1, 0.15) is 6.04 Å². The molecule has 6 heteroatoms. The van der Waals surface area contributed by atoms with Crippen LogP contribution in [-0.2, 0) is 14.3 Å². The first kappa shape index (κ1) is 14.9. The molecule has 3 N–H and O–H groups in total. The number of ether oxygens (including phenoxy) is 1. The van der Waals surface area contributed by atoms with Crippen LogP contribution in [0, 0.1) is 5.92 Å². The molecule has 18 heavy (non-hydrogen) atoms. The van der Waals surface area contributed by atoms with Crippen molar-refractivity contribution in [3.05, 3.63) is 0 Å². The Kier molecular flexibility index (Phi) is 6.07. The molecule has 0 aliphatic carbocycles. The summed E-state index contributed by atoms with van der Waals surface area (Å²) >= 11 is 0. The van der Waals surface area contributed by atoms with Gasteiger partial charge in [0.25, 0.3) is 0 Å². The van der Waals surface area contributed by atoms with E-state index < -0.39 is 12.0 Å². The average molecular weight is 258 g/mol. The van der Waals surface area contributed by atoms with Gasteiger partial charge in [-0.15, -0.1) is 0 Å². The molecule has 6 nitrogen and oxygen atoms in total. The molecule has 0 bridgehead atoms.